The molecule has 0 radical (unpaired) electrons. The van der Waals surface area contributed by atoms with Gasteiger partial charge in [0.15, 0.2) is 0 Å². The van der Waals surface area contributed by atoms with Crippen molar-refractivity contribution in [2.75, 3.05) is 6.54 Å². The van der Waals surface area contributed by atoms with Crippen molar-refractivity contribution in [3.05, 3.63) is 57.3 Å². The number of carboxylic acid groups (broad SMARTS) is 1. The van der Waals surface area contributed by atoms with Gasteiger partial charge in [-0.2, -0.15) is 0 Å². The van der Waals surface area contributed by atoms with E-state index in [2.05, 4.69) is 5.32 Å². The third-order valence-electron chi connectivity index (χ3n) is 3.71. The molecule has 5 heteroatoms. The monoisotopic (exact) mass is 317 g/mol. The Morgan fingerprint density at radius 3 is 2.45 bits per heavy atom. The molecule has 0 bridgehead atoms. The first-order valence-corrected chi connectivity index (χ1v) is 7.96. The summed E-state index contributed by atoms with van der Waals surface area (Å²) in [5.74, 6) is -1.74. The maximum Gasteiger partial charge on any atom is 0.308 e. The number of nitrogens with one attached hydrogen (secondary N) is 1. The Morgan fingerprint density at radius 1 is 1.23 bits per heavy atom. The Morgan fingerprint density at radius 2 is 1.91 bits per heavy atom. The van der Waals surface area contributed by atoms with Crippen molar-refractivity contribution in [1.82, 2.24) is 5.32 Å². The van der Waals surface area contributed by atoms with Crippen LogP contribution in [0.25, 0.3) is 0 Å². The first-order valence-electron chi connectivity index (χ1n) is 7.08. The molecule has 1 aromatic carbocycles. The average Bonchev–Trinajstić information content (AvgIpc) is 2.84. The molecule has 1 heterocycles. The van der Waals surface area contributed by atoms with E-state index in [1.165, 1.54) is 11.3 Å². The Hall–Kier alpha value is -2.14. The zero-order chi connectivity index (χ0) is 16.1. The molecule has 0 aliphatic carbocycles. The van der Waals surface area contributed by atoms with Gasteiger partial charge < -0.3 is 10.4 Å². The normalized spacial score (nSPS) is 11.9. The molecule has 4 nitrogen and oxygen atoms in total. The van der Waals surface area contributed by atoms with Crippen LogP contribution in [0.3, 0.4) is 0 Å². The lowest BCUT2D eigenvalue weighted by Gasteiger charge is -2.13. The number of carbonyl (C=O) groups excluding carboxylic acids is 1. The molecule has 0 aliphatic rings. The van der Waals surface area contributed by atoms with Crippen LogP contribution in [0.15, 0.2) is 35.7 Å². The van der Waals surface area contributed by atoms with Crippen LogP contribution >= 0.6 is 11.3 Å². The first kappa shape index (κ1) is 16.2. The van der Waals surface area contributed by atoms with Crippen LogP contribution in [0.2, 0.25) is 0 Å². The van der Waals surface area contributed by atoms with E-state index in [4.69, 9.17) is 0 Å². The van der Waals surface area contributed by atoms with Gasteiger partial charge in [0.05, 0.1) is 11.5 Å². The van der Waals surface area contributed by atoms with Gasteiger partial charge in [0.25, 0.3) is 5.91 Å². The zero-order valence-corrected chi connectivity index (χ0v) is 13.4. The van der Waals surface area contributed by atoms with Gasteiger partial charge in [-0.1, -0.05) is 30.3 Å². The maximum absolute atomic E-state index is 12.2. The lowest BCUT2D eigenvalue weighted by Crippen LogP contribution is -2.34. The summed E-state index contributed by atoms with van der Waals surface area (Å²) in [4.78, 5) is 24.6. The lowest BCUT2D eigenvalue weighted by molar-refractivity contribution is -0.141. The summed E-state index contributed by atoms with van der Waals surface area (Å²) >= 11 is 1.53. The molecule has 1 amide bonds. The summed E-state index contributed by atoms with van der Waals surface area (Å²) in [6.45, 7) is 3.99. The zero-order valence-electron chi connectivity index (χ0n) is 12.6. The Bertz CT molecular complexity index is 664. The summed E-state index contributed by atoms with van der Waals surface area (Å²) in [6, 6.07) is 9.44. The third-order valence-corrected chi connectivity index (χ3v) is 4.73. The fraction of sp³-hybridized carbons (Fsp3) is 0.294. The summed E-state index contributed by atoms with van der Waals surface area (Å²) in [7, 11) is 0. The number of aryl methyl sites for hydroxylation is 1. The fourth-order valence-electron chi connectivity index (χ4n) is 2.19. The van der Waals surface area contributed by atoms with Crippen molar-refractivity contribution >= 4 is 23.2 Å². The summed E-state index contributed by atoms with van der Waals surface area (Å²) in [5.41, 5.74) is 2.54. The SMILES string of the molecule is Cc1scc(C(=O)NCC(Cc2ccccc2)C(=O)O)c1C. The molecule has 0 spiro atoms. The number of hydrogen-bond donors (Lipinski definition) is 2. The summed E-state index contributed by atoms with van der Waals surface area (Å²) < 4.78 is 0. The molecular formula is C17H19NO3S. The Labute approximate surface area is 133 Å². The van der Waals surface area contributed by atoms with E-state index in [0.717, 1.165) is 16.0 Å². The van der Waals surface area contributed by atoms with Crippen molar-refractivity contribution in [3.8, 4) is 0 Å². The molecule has 2 rings (SSSR count). The van der Waals surface area contributed by atoms with Crippen molar-refractivity contribution in [2.24, 2.45) is 5.92 Å². The van der Waals surface area contributed by atoms with Gasteiger partial charge in [-0.15, -0.1) is 11.3 Å². The molecular weight excluding hydrogens is 298 g/mol. The molecule has 1 atom stereocenters. The van der Waals surface area contributed by atoms with Crippen LogP contribution < -0.4 is 5.32 Å². The second-order valence-corrected chi connectivity index (χ2v) is 6.35. The average molecular weight is 317 g/mol. The van der Waals surface area contributed by atoms with Crippen molar-refractivity contribution < 1.29 is 14.7 Å². The Balaban J connectivity index is 1.99. The van der Waals surface area contributed by atoms with Crippen LogP contribution in [-0.2, 0) is 11.2 Å². The van der Waals surface area contributed by atoms with E-state index >= 15 is 0 Å². The van der Waals surface area contributed by atoms with E-state index in [0.29, 0.717) is 12.0 Å². The number of aliphatic carboxylic acids is 1. The van der Waals surface area contributed by atoms with Crippen LogP contribution in [0.1, 0.15) is 26.4 Å². The second-order valence-electron chi connectivity index (χ2n) is 5.27. The van der Waals surface area contributed by atoms with E-state index in [1.807, 2.05) is 49.6 Å². The molecule has 1 aromatic heterocycles. The molecule has 0 fully saturated rings. The van der Waals surface area contributed by atoms with Gasteiger partial charge in [0.1, 0.15) is 0 Å². The minimum atomic E-state index is -0.901. The number of carboxylic acids is 1. The second kappa shape index (κ2) is 7.22. The fourth-order valence-corrected chi connectivity index (χ4v) is 3.06. The van der Waals surface area contributed by atoms with Gasteiger partial charge in [0, 0.05) is 16.8 Å². The highest BCUT2D eigenvalue weighted by Gasteiger charge is 2.20. The quantitative estimate of drug-likeness (QED) is 0.860. The van der Waals surface area contributed by atoms with Gasteiger partial charge in [-0.25, -0.2) is 0 Å². The van der Waals surface area contributed by atoms with Crippen molar-refractivity contribution in [3.63, 3.8) is 0 Å². The number of benzene rings is 1. The lowest BCUT2D eigenvalue weighted by atomic mass is 9.99. The topological polar surface area (TPSA) is 66.4 Å². The smallest absolute Gasteiger partial charge is 0.308 e. The number of carbonyl (C=O) groups is 2. The molecule has 2 aromatic rings. The van der Waals surface area contributed by atoms with E-state index in [9.17, 15) is 14.7 Å². The maximum atomic E-state index is 12.2. The predicted octanol–water partition coefficient (Wildman–Crippen LogP) is 3.04. The largest absolute Gasteiger partial charge is 0.481 e. The molecule has 0 aliphatic heterocycles. The highest BCUT2D eigenvalue weighted by molar-refractivity contribution is 7.10. The van der Waals surface area contributed by atoms with Crippen LogP contribution in [0.5, 0.6) is 0 Å². The van der Waals surface area contributed by atoms with Gasteiger partial charge in [0.2, 0.25) is 0 Å². The Kier molecular flexibility index (Phi) is 5.33. The molecule has 0 saturated carbocycles. The van der Waals surface area contributed by atoms with E-state index in [1.54, 1.807) is 0 Å². The number of rotatable bonds is 6. The molecule has 116 valence electrons. The molecule has 0 saturated heterocycles. The summed E-state index contributed by atoms with van der Waals surface area (Å²) in [6.07, 6.45) is 0.401. The van der Waals surface area contributed by atoms with Gasteiger partial charge in [-0.05, 0) is 31.4 Å². The minimum absolute atomic E-state index is 0.122. The van der Waals surface area contributed by atoms with Crippen LogP contribution in [0, 0.1) is 19.8 Å². The van der Waals surface area contributed by atoms with Crippen molar-refractivity contribution in [1.29, 1.82) is 0 Å². The van der Waals surface area contributed by atoms with E-state index in [-0.39, 0.29) is 12.5 Å². The minimum Gasteiger partial charge on any atom is -0.481 e. The predicted molar refractivity (Wildman–Crippen MR) is 87.4 cm³/mol. The van der Waals surface area contributed by atoms with Crippen molar-refractivity contribution in [2.45, 2.75) is 20.3 Å². The molecule has 2 N–H and O–H groups in total. The highest BCUT2D eigenvalue weighted by Crippen LogP contribution is 2.20. The molecule has 22 heavy (non-hydrogen) atoms. The van der Waals surface area contributed by atoms with Crippen LogP contribution in [0.4, 0.5) is 0 Å². The number of hydrogen-bond acceptors (Lipinski definition) is 3. The summed E-state index contributed by atoms with van der Waals surface area (Å²) in [5, 5.41) is 13.9. The number of thiophene rings is 1. The van der Waals surface area contributed by atoms with E-state index < -0.39 is 11.9 Å². The van der Waals surface area contributed by atoms with Crippen LogP contribution in [-0.4, -0.2) is 23.5 Å². The van der Waals surface area contributed by atoms with Gasteiger partial charge in [-0.3, -0.25) is 9.59 Å². The highest BCUT2D eigenvalue weighted by atomic mass is 32.1. The third kappa shape index (κ3) is 3.95. The van der Waals surface area contributed by atoms with Gasteiger partial charge >= 0.3 is 5.97 Å². The standard InChI is InChI=1S/C17H19NO3S/c1-11-12(2)22-10-15(11)16(19)18-9-14(17(20)21)8-13-6-4-3-5-7-13/h3-7,10,14H,8-9H2,1-2H3,(H,18,19)(H,20,21). The first-order chi connectivity index (χ1) is 10.5. The molecule has 1 unspecified atom stereocenters. The number of amides is 1.